The molecule has 0 bridgehead atoms. The highest BCUT2D eigenvalue weighted by molar-refractivity contribution is 9.13. The van der Waals surface area contributed by atoms with Gasteiger partial charge in [0.25, 0.3) is 0 Å². The molecule has 1 aliphatic rings. The topological polar surface area (TPSA) is 27.0 Å². The molecule has 0 heterocycles. The average Bonchev–Trinajstić information content (AvgIpc) is 2.67. The van der Waals surface area contributed by atoms with Crippen LogP contribution in [0.25, 0.3) is 0 Å². The number of rotatable bonds is 9. The first-order chi connectivity index (χ1) is 14.0. The quantitative estimate of drug-likeness (QED) is 0.345. The molecule has 1 saturated carbocycles. The molecule has 0 saturated heterocycles. The number of benzene rings is 2. The molecule has 0 aromatic heterocycles. The maximum Gasteiger partial charge on any atom is 0.0851 e. The van der Waals surface area contributed by atoms with Crippen molar-refractivity contribution >= 4 is 31.9 Å². The van der Waals surface area contributed by atoms with Crippen molar-refractivity contribution in [2.75, 3.05) is 6.54 Å². The molecule has 0 aliphatic heterocycles. The molecule has 29 heavy (non-hydrogen) atoms. The third kappa shape index (κ3) is 5.32. The molecular formula is C25H30Br2N2. The Hall–Kier alpha value is -1.15. The molecule has 1 aliphatic carbocycles. The molecule has 0 radical (unpaired) electrons. The third-order valence-electron chi connectivity index (χ3n) is 6.41. The molecule has 0 N–H and O–H groups in total. The summed E-state index contributed by atoms with van der Waals surface area (Å²) in [5.41, 5.74) is 2.14. The minimum absolute atomic E-state index is 0.378. The van der Waals surface area contributed by atoms with E-state index in [0.29, 0.717) is 12.0 Å². The molecule has 3 rings (SSSR count). The fourth-order valence-corrected chi connectivity index (χ4v) is 4.99. The molecule has 0 amide bonds. The zero-order valence-electron chi connectivity index (χ0n) is 17.4. The van der Waals surface area contributed by atoms with E-state index in [1.165, 1.54) is 30.4 Å². The fraction of sp³-hybridized carbons (Fsp3) is 0.480. The number of hydrogen-bond acceptors (Lipinski definition) is 2. The van der Waals surface area contributed by atoms with Gasteiger partial charge in [0.05, 0.1) is 11.5 Å². The van der Waals surface area contributed by atoms with E-state index >= 15 is 0 Å². The van der Waals surface area contributed by atoms with Gasteiger partial charge in [-0.1, -0.05) is 42.8 Å². The summed E-state index contributed by atoms with van der Waals surface area (Å²) in [7, 11) is 0. The van der Waals surface area contributed by atoms with Crippen molar-refractivity contribution in [3.05, 3.63) is 68.6 Å². The van der Waals surface area contributed by atoms with Gasteiger partial charge in [-0.25, -0.2) is 0 Å². The van der Waals surface area contributed by atoms with Gasteiger partial charge in [0.1, 0.15) is 0 Å². The van der Waals surface area contributed by atoms with E-state index in [9.17, 15) is 5.26 Å². The number of nitrogens with zero attached hydrogens (tertiary/aromatic N) is 2. The fourth-order valence-electron chi connectivity index (χ4n) is 4.37. The van der Waals surface area contributed by atoms with Gasteiger partial charge in [-0.05, 0) is 107 Å². The summed E-state index contributed by atoms with van der Waals surface area (Å²) in [6, 6.07) is 20.3. The van der Waals surface area contributed by atoms with E-state index in [0.717, 1.165) is 34.9 Å². The predicted molar refractivity (Wildman–Crippen MR) is 128 cm³/mol. The average molecular weight is 518 g/mol. The van der Waals surface area contributed by atoms with Crippen LogP contribution in [0.5, 0.6) is 0 Å². The Morgan fingerprint density at radius 3 is 2.38 bits per heavy atom. The van der Waals surface area contributed by atoms with Crippen LogP contribution in [-0.4, -0.2) is 17.5 Å². The molecular weight excluding hydrogens is 488 g/mol. The maximum atomic E-state index is 10.3. The molecule has 2 aromatic rings. The lowest BCUT2D eigenvalue weighted by Gasteiger charge is -2.41. The largest absolute Gasteiger partial charge is 0.297 e. The van der Waals surface area contributed by atoms with Crippen LogP contribution in [0.1, 0.15) is 57.1 Å². The molecule has 154 valence electrons. The lowest BCUT2D eigenvalue weighted by molar-refractivity contribution is 0.170. The molecule has 1 fully saturated rings. The van der Waals surface area contributed by atoms with Crippen LogP contribution in [0.3, 0.4) is 0 Å². The summed E-state index contributed by atoms with van der Waals surface area (Å²) in [6.45, 7) is 6.50. The lowest BCUT2D eigenvalue weighted by Crippen LogP contribution is -2.39. The Labute approximate surface area is 192 Å². The van der Waals surface area contributed by atoms with Crippen molar-refractivity contribution < 1.29 is 0 Å². The highest BCUT2D eigenvalue weighted by atomic mass is 79.9. The Kier molecular flexibility index (Phi) is 7.96. The van der Waals surface area contributed by atoms with E-state index in [2.05, 4.69) is 105 Å². The Bertz CT molecular complexity index is 840. The Balaban J connectivity index is 1.74. The number of nitriles is 1. The summed E-state index contributed by atoms with van der Waals surface area (Å²) >= 11 is 7.21. The number of hydrogen-bond donors (Lipinski definition) is 0. The van der Waals surface area contributed by atoms with Crippen LogP contribution in [0.15, 0.2) is 57.5 Å². The van der Waals surface area contributed by atoms with E-state index in [1.54, 1.807) is 0 Å². The Morgan fingerprint density at radius 2 is 1.83 bits per heavy atom. The van der Waals surface area contributed by atoms with Crippen molar-refractivity contribution in [3.63, 3.8) is 0 Å². The first-order valence-corrected chi connectivity index (χ1v) is 12.2. The summed E-state index contributed by atoms with van der Waals surface area (Å²) in [4.78, 5) is 2.52. The lowest BCUT2D eigenvalue weighted by atomic mass is 9.61. The zero-order valence-corrected chi connectivity index (χ0v) is 20.5. The van der Waals surface area contributed by atoms with Crippen LogP contribution in [-0.2, 0) is 12.0 Å². The smallest absolute Gasteiger partial charge is 0.0851 e. The molecule has 4 heteroatoms. The van der Waals surface area contributed by atoms with Crippen LogP contribution in [0, 0.1) is 17.2 Å². The number of halogens is 2. The van der Waals surface area contributed by atoms with E-state index in [1.807, 2.05) is 0 Å². The third-order valence-corrected chi connectivity index (χ3v) is 8.29. The van der Waals surface area contributed by atoms with Crippen molar-refractivity contribution in [2.24, 2.45) is 5.92 Å². The van der Waals surface area contributed by atoms with Gasteiger partial charge in [0.15, 0.2) is 0 Å². The van der Waals surface area contributed by atoms with Crippen LogP contribution >= 0.6 is 31.9 Å². The standard InChI is InChI=1S/C25H30Br2N2/c1-19(2)29(17-20-8-4-3-5-9-20)15-7-14-25(18-28,21-10-6-11-21)22-12-13-23(26)24(27)16-22/h3-5,8-9,12-13,16,19,21H,6-7,10-11,14-15,17H2,1-2H3. The second-order valence-electron chi connectivity index (χ2n) is 8.49. The monoisotopic (exact) mass is 516 g/mol. The van der Waals surface area contributed by atoms with Crippen LogP contribution in [0.4, 0.5) is 0 Å². The normalized spacial score (nSPS) is 16.4. The van der Waals surface area contributed by atoms with Crippen LogP contribution < -0.4 is 0 Å². The van der Waals surface area contributed by atoms with Crippen molar-refractivity contribution in [1.29, 1.82) is 5.26 Å². The SMILES string of the molecule is CC(C)N(CCCC(C#N)(c1ccc(Br)c(Br)c1)C1CCC1)Cc1ccccc1. The molecule has 1 atom stereocenters. The summed E-state index contributed by atoms with van der Waals surface area (Å²) in [6.07, 6.45) is 5.53. The van der Waals surface area contributed by atoms with E-state index in [4.69, 9.17) is 0 Å². The Morgan fingerprint density at radius 1 is 1.10 bits per heavy atom. The second kappa shape index (κ2) is 10.2. The molecule has 2 aromatic carbocycles. The minimum atomic E-state index is -0.378. The highest BCUT2D eigenvalue weighted by Gasteiger charge is 2.43. The first-order valence-electron chi connectivity index (χ1n) is 10.6. The van der Waals surface area contributed by atoms with Gasteiger partial charge in [0, 0.05) is 21.5 Å². The summed E-state index contributed by atoms with van der Waals surface area (Å²) in [5, 5.41) is 10.3. The van der Waals surface area contributed by atoms with Gasteiger partial charge in [-0.15, -0.1) is 0 Å². The van der Waals surface area contributed by atoms with Gasteiger partial charge < -0.3 is 0 Å². The molecule has 0 spiro atoms. The predicted octanol–water partition coefficient (Wildman–Crippen LogP) is 7.46. The molecule has 2 nitrogen and oxygen atoms in total. The van der Waals surface area contributed by atoms with Crippen LogP contribution in [0.2, 0.25) is 0 Å². The van der Waals surface area contributed by atoms with Gasteiger partial charge >= 0.3 is 0 Å². The highest BCUT2D eigenvalue weighted by Crippen LogP contribution is 2.47. The maximum absolute atomic E-state index is 10.3. The van der Waals surface area contributed by atoms with E-state index in [-0.39, 0.29) is 5.41 Å². The van der Waals surface area contributed by atoms with Gasteiger partial charge in [-0.2, -0.15) is 5.26 Å². The minimum Gasteiger partial charge on any atom is -0.297 e. The van der Waals surface area contributed by atoms with Gasteiger partial charge in [-0.3, -0.25) is 4.90 Å². The summed E-state index contributed by atoms with van der Waals surface area (Å²) in [5.74, 6) is 0.474. The van der Waals surface area contributed by atoms with Gasteiger partial charge in [0.2, 0.25) is 0 Å². The molecule has 1 unspecified atom stereocenters. The van der Waals surface area contributed by atoms with Crippen molar-refractivity contribution in [3.8, 4) is 6.07 Å². The van der Waals surface area contributed by atoms with Crippen molar-refractivity contribution in [2.45, 2.75) is 64.0 Å². The van der Waals surface area contributed by atoms with Crippen molar-refractivity contribution in [1.82, 2.24) is 4.90 Å². The van der Waals surface area contributed by atoms with E-state index < -0.39 is 0 Å². The zero-order chi connectivity index (χ0) is 20.9. The summed E-state index contributed by atoms with van der Waals surface area (Å²) < 4.78 is 2.07. The first kappa shape index (κ1) is 22.5. The second-order valence-corrected chi connectivity index (χ2v) is 10.2.